The van der Waals surface area contributed by atoms with E-state index in [1.54, 1.807) is 0 Å². The van der Waals surface area contributed by atoms with Gasteiger partial charge in [0.25, 0.3) is 0 Å². The molecule has 0 bridgehead atoms. The molecule has 0 aromatic rings. The number of hydrogen-bond donors (Lipinski definition) is 0. The first kappa shape index (κ1) is 117. The zero-order valence-electron chi connectivity index (χ0n) is 31.2. The monoisotopic (exact) mass is 1600 g/mol. The average Bonchev–Trinajstić information content (AvgIpc) is 2.79. The largest absolute Gasteiger partial charge is 0.316 e. The van der Waals surface area contributed by atoms with Crippen LogP contribution < -0.4 is 0 Å². The summed E-state index contributed by atoms with van der Waals surface area (Å²) in [7, 11) is 0. The zero-order valence-corrected chi connectivity index (χ0v) is 49.8. The van der Waals surface area contributed by atoms with E-state index in [4.69, 9.17) is 0 Å². The maximum Gasteiger partial charge on any atom is 0 e. The number of carbonyl (C=O) groups is 2. The van der Waals surface area contributed by atoms with Crippen molar-refractivity contribution >= 4 is 174 Å². The summed E-state index contributed by atoms with van der Waals surface area (Å²) in [5.74, 6) is 0.333. The second-order valence-corrected chi connectivity index (χ2v) is 48.7. The summed E-state index contributed by atoms with van der Waals surface area (Å²) in [5, 5.41) is 0. The van der Waals surface area contributed by atoms with E-state index >= 15 is 0 Å². The van der Waals surface area contributed by atoms with Crippen LogP contribution in [0.3, 0.4) is 0 Å². The van der Waals surface area contributed by atoms with Crippen molar-refractivity contribution in [3.8, 4) is 0 Å². The normalized spacial score (nSPS) is 6.02. The number of carbonyl (C=O) groups excluding carboxylic acids is 2. The Hall–Kier alpha value is 5.76. The molecule has 0 N–H and O–H groups in total. The molecule has 0 aliphatic heterocycles. The van der Waals surface area contributed by atoms with E-state index in [0.29, 0.717) is -0.565 Å². The van der Waals surface area contributed by atoms with Crippen molar-refractivity contribution in [2.24, 2.45) is 0 Å². The second kappa shape index (κ2) is 178. The van der Waals surface area contributed by atoms with Gasteiger partial charge in [-0.15, -0.1) is 0 Å². The smallest absolute Gasteiger partial charge is 0 e. The van der Waals surface area contributed by atoms with Crippen molar-refractivity contribution in [2.75, 3.05) is 9.86 Å². The van der Waals surface area contributed by atoms with Crippen molar-refractivity contribution in [1.82, 2.24) is 0 Å². The molecule has 0 spiro atoms. The first-order valence-corrected chi connectivity index (χ1v) is 35.3. The third-order valence-electron chi connectivity index (χ3n) is 0. The minimum absolute atomic E-state index is 0. The van der Waals surface area contributed by atoms with E-state index in [9.17, 15) is 9.59 Å². The Balaban J connectivity index is -0.0000000110. The Bertz CT molecular complexity index is 233. The SMILES string of the molecule is C.C.C.C.CC.CC.CC.CC(C)=O.CC(C)=O.CC(I)(I)I.CCC.CCC.CCC.CCC.CI.CI(I)I.C[CH-]I.[V]. The zero-order chi connectivity index (χ0) is 36.8. The summed E-state index contributed by atoms with van der Waals surface area (Å²) in [5.41, 5.74) is 0. The van der Waals surface area contributed by atoms with Crippen LogP contribution in [0.1, 0.15) is 194 Å². The predicted molar refractivity (Wildman–Crippen MR) is 300 cm³/mol. The van der Waals surface area contributed by atoms with Crippen molar-refractivity contribution in [3.05, 3.63) is 4.43 Å². The van der Waals surface area contributed by atoms with Crippen LogP contribution in [0.5, 0.6) is 0 Å². The molecule has 0 atom stereocenters. The van der Waals surface area contributed by atoms with Crippen LogP contribution >= 0.6 is 162 Å². The fourth-order valence-electron chi connectivity index (χ4n) is 0. The van der Waals surface area contributed by atoms with E-state index in [1.165, 1.54) is 53.4 Å². The molecule has 0 amide bonds. The van der Waals surface area contributed by atoms with E-state index in [-0.39, 0.29) is 71.7 Å². The van der Waals surface area contributed by atoms with Crippen LogP contribution in [0.4, 0.5) is 0 Å². The predicted octanol–water partition coefficient (Wildman–Crippen LogP) is 20.9. The molecule has 11 heteroatoms. The molecule has 0 saturated heterocycles. The molecule has 45 heavy (non-hydrogen) atoms. The second-order valence-electron chi connectivity index (χ2n) is 5.98. The molecule has 0 aromatic heterocycles. The molecule has 0 unspecified atom stereocenters. The van der Waals surface area contributed by atoms with Crippen molar-refractivity contribution in [3.63, 3.8) is 0 Å². The summed E-state index contributed by atoms with van der Waals surface area (Å²) in [6.07, 6.45) is 5.00. The summed E-state index contributed by atoms with van der Waals surface area (Å²) in [4.78, 5) is 23.2. The molecule has 0 aromatic carbocycles. The van der Waals surface area contributed by atoms with Crippen LogP contribution in [0, 0.1) is 4.43 Å². The number of rotatable bonds is 0. The van der Waals surface area contributed by atoms with Gasteiger partial charge in [0.05, 0.1) is 0 Å². The first-order valence-electron chi connectivity index (χ1n) is 14.0. The molecule has 0 saturated carbocycles. The number of hydrogen-bond acceptors (Lipinski definition) is 2. The number of ketones is 2. The molecule has 0 heterocycles. The van der Waals surface area contributed by atoms with E-state index in [0.717, 1.165) is 0 Å². The molecule has 0 aliphatic rings. The Morgan fingerprint density at radius 3 is 0.578 bits per heavy atom. The van der Waals surface area contributed by atoms with Gasteiger partial charge in [0, 0.05) is 18.6 Å². The molecule has 2 nitrogen and oxygen atoms in total. The topological polar surface area (TPSA) is 34.1 Å². The van der Waals surface area contributed by atoms with Crippen LogP contribution in [0.25, 0.3) is 0 Å². The summed E-state index contributed by atoms with van der Waals surface area (Å²) >= 11 is 16.0. The molecule has 1 radical (unpaired) electrons. The molecular formula is C34H91I8O2V-. The average molecular weight is 1600 g/mol. The Morgan fingerprint density at radius 2 is 0.578 bits per heavy atom. The number of alkyl halides is 5. The quantitative estimate of drug-likeness (QED) is 0.138. The van der Waals surface area contributed by atoms with Gasteiger partial charge in [-0.3, -0.25) is 4.43 Å². The third kappa shape index (κ3) is 3420. The van der Waals surface area contributed by atoms with Crippen LogP contribution in [0.2, 0.25) is 0 Å². The van der Waals surface area contributed by atoms with Gasteiger partial charge < -0.3 is 32.2 Å². The third-order valence-corrected chi connectivity index (χ3v) is 0. The van der Waals surface area contributed by atoms with Crippen molar-refractivity contribution in [2.45, 2.75) is 193 Å². The van der Waals surface area contributed by atoms with Gasteiger partial charge in [-0.2, -0.15) is 6.92 Å². The van der Waals surface area contributed by atoms with E-state index < -0.39 is 0 Å². The number of Topliss-reactive ketones (excluding diaryl/α,β-unsaturated/α-hetero) is 2. The molecule has 0 rings (SSSR count). The van der Waals surface area contributed by atoms with Gasteiger partial charge in [-0.25, -0.2) is 0 Å². The minimum atomic E-state index is -0.323. The fourth-order valence-corrected chi connectivity index (χ4v) is 0. The van der Waals surface area contributed by atoms with Gasteiger partial charge in [-0.1, -0.05) is 243 Å². The van der Waals surface area contributed by atoms with E-state index in [1.807, 2.05) is 57.8 Å². The first-order chi connectivity index (χ1) is 18.3. The standard InChI is InChI=1S/2C3H6O.4C3H8.C2H3I3.C2H4I.3C2H6.CH3I3.CH3I.4CH4.V/c2*1-3(2)4;4*1-3-2;1-2(3,4)5;1-2-3;3*1-2;1-4(2)3;1-2;;;;;/h2*1-2H3;4*3H2,1-2H3;1H3;2H,1H3;3*1-2H3;1H3;1H3;4*1H4;/q;;;;;;;-1;;;;;;;;;;. The fraction of sp³-hybridized carbons (Fsp3) is 0.912. The Morgan fingerprint density at radius 1 is 0.578 bits per heavy atom. The molecular weight excluding hydrogens is 1510 g/mol. The van der Waals surface area contributed by atoms with Gasteiger partial charge in [0.1, 0.15) is 11.0 Å². The van der Waals surface area contributed by atoms with Crippen molar-refractivity contribution in [1.29, 1.82) is 0 Å². The minimum Gasteiger partial charge on any atom is -0.316 e. The van der Waals surface area contributed by atoms with Gasteiger partial charge in [0.15, 0.2) is 0 Å². The maximum atomic E-state index is 9.44. The Kier molecular flexibility index (Phi) is 464. The molecule has 0 fully saturated rings. The number of halogens is 8. The summed E-state index contributed by atoms with van der Waals surface area (Å²) in [6.45, 7) is 39.2. The molecule has 0 aliphatic carbocycles. The van der Waals surface area contributed by atoms with Gasteiger partial charge in [0.2, 0.25) is 0 Å². The summed E-state index contributed by atoms with van der Waals surface area (Å²) in [6, 6.07) is 0. The van der Waals surface area contributed by atoms with Gasteiger partial charge >= 0.3 is 54.0 Å². The molecule has 301 valence electrons. The maximum absolute atomic E-state index is 9.44. The Labute approximate surface area is 402 Å². The van der Waals surface area contributed by atoms with Crippen molar-refractivity contribution < 1.29 is 28.1 Å². The van der Waals surface area contributed by atoms with Crippen LogP contribution in [-0.2, 0) is 28.1 Å². The van der Waals surface area contributed by atoms with Crippen LogP contribution in [-0.4, -0.2) is 20.9 Å². The van der Waals surface area contributed by atoms with E-state index in [2.05, 4.69) is 217 Å². The van der Waals surface area contributed by atoms with Crippen LogP contribution in [0.15, 0.2) is 0 Å². The summed E-state index contributed by atoms with van der Waals surface area (Å²) < 4.78 is 2.38. The van der Waals surface area contributed by atoms with Gasteiger partial charge in [-0.05, 0) is 39.5 Å².